The standard InChI is InChI=1S/C55H105N5O6S2/c1-3-5-7-9-11-13-15-17-19-21-23-25-27-29-31-37-43-65-54(63)48(45-52(61)49(58)39-33-35-41-56)46-67-68-47-51(60-53(62)50(59)40-34-36-42-57)55(64)66-44-38-32-30-28-26-24-22-20-18-16-14-12-10-8-6-4-2/h17-20,48-51H,3-16,21-47,56-59H2,1-2H3,(H,60,62)/b19-17-,20-18-. The Bertz CT molecular complexity index is 1150. The van der Waals surface area contributed by atoms with Crippen LogP contribution in [0.2, 0.25) is 0 Å². The molecule has 1 amide bonds. The number of nitrogens with one attached hydrogen (secondary N) is 1. The van der Waals surface area contributed by atoms with Gasteiger partial charge in [-0.2, -0.15) is 0 Å². The van der Waals surface area contributed by atoms with E-state index in [1.807, 2.05) is 0 Å². The van der Waals surface area contributed by atoms with Gasteiger partial charge in [0.1, 0.15) is 11.8 Å². The summed E-state index contributed by atoms with van der Waals surface area (Å²) in [5.41, 5.74) is 23.7. The Labute approximate surface area is 424 Å². The van der Waals surface area contributed by atoms with E-state index in [1.165, 1.54) is 144 Å². The number of esters is 2. The molecule has 68 heavy (non-hydrogen) atoms. The van der Waals surface area contributed by atoms with Crippen molar-refractivity contribution in [1.29, 1.82) is 0 Å². The molecule has 0 saturated carbocycles. The molecule has 0 rings (SSSR count). The highest BCUT2D eigenvalue weighted by molar-refractivity contribution is 8.76. The molecule has 4 atom stereocenters. The molecule has 4 unspecified atom stereocenters. The molecule has 0 aromatic carbocycles. The van der Waals surface area contributed by atoms with E-state index in [4.69, 9.17) is 32.4 Å². The zero-order valence-electron chi connectivity index (χ0n) is 43.7. The molecule has 9 N–H and O–H groups in total. The molecule has 398 valence electrons. The van der Waals surface area contributed by atoms with Crippen molar-refractivity contribution in [2.75, 3.05) is 37.8 Å². The lowest BCUT2D eigenvalue weighted by Crippen LogP contribution is -2.50. The second kappa shape index (κ2) is 51.5. The summed E-state index contributed by atoms with van der Waals surface area (Å²) in [7, 11) is 2.72. The Kier molecular flexibility index (Phi) is 50.0. The minimum absolute atomic E-state index is 0.0141. The molecular weight excluding hydrogens is 891 g/mol. The molecule has 0 aliphatic carbocycles. The number of rotatable bonds is 52. The van der Waals surface area contributed by atoms with Crippen molar-refractivity contribution in [1.82, 2.24) is 5.32 Å². The molecule has 0 saturated heterocycles. The molecule has 0 bridgehead atoms. The lowest BCUT2D eigenvalue weighted by Gasteiger charge is -2.20. The maximum atomic E-state index is 13.4. The molecule has 11 nitrogen and oxygen atoms in total. The van der Waals surface area contributed by atoms with Gasteiger partial charge in [-0.3, -0.25) is 14.4 Å². The molecule has 0 fully saturated rings. The highest BCUT2D eigenvalue weighted by atomic mass is 33.1. The zero-order valence-corrected chi connectivity index (χ0v) is 45.3. The van der Waals surface area contributed by atoms with Gasteiger partial charge in [-0.05, 0) is 103 Å². The summed E-state index contributed by atoms with van der Waals surface area (Å²) in [4.78, 5) is 53.0. The van der Waals surface area contributed by atoms with Crippen molar-refractivity contribution in [3.8, 4) is 0 Å². The summed E-state index contributed by atoms with van der Waals surface area (Å²) < 4.78 is 11.4. The number of carbonyl (C=O) groups excluding carboxylic acids is 4. The smallest absolute Gasteiger partial charge is 0.329 e. The van der Waals surface area contributed by atoms with Crippen LogP contribution in [-0.2, 0) is 28.7 Å². The van der Waals surface area contributed by atoms with Gasteiger partial charge in [0.25, 0.3) is 0 Å². The van der Waals surface area contributed by atoms with E-state index in [-0.39, 0.29) is 24.6 Å². The van der Waals surface area contributed by atoms with Gasteiger partial charge < -0.3 is 37.7 Å². The van der Waals surface area contributed by atoms with Gasteiger partial charge in [-0.25, -0.2) is 4.79 Å². The van der Waals surface area contributed by atoms with Crippen LogP contribution in [0.25, 0.3) is 0 Å². The van der Waals surface area contributed by atoms with E-state index in [2.05, 4.69) is 43.5 Å². The maximum absolute atomic E-state index is 13.4. The van der Waals surface area contributed by atoms with Gasteiger partial charge in [0.15, 0.2) is 0 Å². The van der Waals surface area contributed by atoms with Gasteiger partial charge in [-0.15, -0.1) is 0 Å². The van der Waals surface area contributed by atoms with Crippen LogP contribution < -0.4 is 28.3 Å². The van der Waals surface area contributed by atoms with Crippen molar-refractivity contribution in [2.24, 2.45) is 28.9 Å². The fourth-order valence-electron chi connectivity index (χ4n) is 7.87. The third-order valence-electron chi connectivity index (χ3n) is 12.5. The summed E-state index contributed by atoms with van der Waals surface area (Å²) in [5, 5.41) is 2.82. The normalized spacial score (nSPS) is 13.5. The van der Waals surface area contributed by atoms with E-state index in [0.717, 1.165) is 77.0 Å². The van der Waals surface area contributed by atoms with Gasteiger partial charge in [0.05, 0.1) is 31.2 Å². The Balaban J connectivity index is 4.95. The maximum Gasteiger partial charge on any atom is 0.329 e. The molecule has 0 spiro atoms. The van der Waals surface area contributed by atoms with Gasteiger partial charge in [0, 0.05) is 17.9 Å². The minimum atomic E-state index is -0.913. The van der Waals surface area contributed by atoms with Gasteiger partial charge >= 0.3 is 11.9 Å². The van der Waals surface area contributed by atoms with E-state index in [1.54, 1.807) is 0 Å². The number of amides is 1. The van der Waals surface area contributed by atoms with Crippen LogP contribution in [0.5, 0.6) is 0 Å². The number of hydrogen-bond acceptors (Lipinski definition) is 12. The second-order valence-electron chi connectivity index (χ2n) is 19.0. The first kappa shape index (κ1) is 66.1. The minimum Gasteiger partial charge on any atom is -0.465 e. The predicted molar refractivity (Wildman–Crippen MR) is 293 cm³/mol. The Hall–Kier alpha value is -1.90. The number of allylic oxidation sites excluding steroid dienone is 4. The van der Waals surface area contributed by atoms with Crippen molar-refractivity contribution in [3.63, 3.8) is 0 Å². The van der Waals surface area contributed by atoms with Crippen molar-refractivity contribution >= 4 is 45.2 Å². The van der Waals surface area contributed by atoms with Crippen LogP contribution in [-0.4, -0.2) is 79.6 Å². The lowest BCUT2D eigenvalue weighted by molar-refractivity contribution is -0.149. The number of unbranched alkanes of at least 4 members (excludes halogenated alkanes) is 26. The topological polar surface area (TPSA) is 203 Å². The summed E-state index contributed by atoms with van der Waals surface area (Å²) in [6.07, 6.45) is 46.9. The van der Waals surface area contributed by atoms with E-state index in [9.17, 15) is 19.2 Å². The zero-order chi connectivity index (χ0) is 50.0. The quantitative estimate of drug-likeness (QED) is 0.0167. The summed E-state index contributed by atoms with van der Waals surface area (Å²) >= 11 is 0. The summed E-state index contributed by atoms with van der Waals surface area (Å²) in [6, 6.07) is -2.35. The van der Waals surface area contributed by atoms with Crippen molar-refractivity contribution in [2.45, 2.75) is 257 Å². The first-order valence-corrected chi connectivity index (χ1v) is 30.3. The molecule has 0 aromatic heterocycles. The Morgan fingerprint density at radius 2 is 0.853 bits per heavy atom. The molecule has 0 radical (unpaired) electrons. The average molecular weight is 997 g/mol. The van der Waals surface area contributed by atoms with E-state index >= 15 is 0 Å². The number of ketones is 1. The molecule has 0 heterocycles. The number of carbonyl (C=O) groups is 4. The first-order valence-electron chi connectivity index (χ1n) is 27.8. The molecule has 0 aliphatic heterocycles. The molecule has 0 aromatic rings. The largest absolute Gasteiger partial charge is 0.465 e. The Morgan fingerprint density at radius 3 is 1.29 bits per heavy atom. The van der Waals surface area contributed by atoms with Gasteiger partial charge in [-0.1, -0.05) is 188 Å². The van der Waals surface area contributed by atoms with Crippen molar-refractivity contribution < 1.29 is 28.7 Å². The van der Waals surface area contributed by atoms with E-state index < -0.39 is 41.9 Å². The summed E-state index contributed by atoms with van der Waals surface area (Å²) in [6.45, 7) is 6.16. The highest BCUT2D eigenvalue weighted by Gasteiger charge is 2.28. The van der Waals surface area contributed by atoms with Crippen LogP contribution in [0.4, 0.5) is 0 Å². The van der Waals surface area contributed by atoms with E-state index in [0.29, 0.717) is 44.7 Å². The predicted octanol–water partition coefficient (Wildman–Crippen LogP) is 12.5. The SMILES string of the molecule is CCCCCCCC/C=C\CCCCCCCCOC(=O)C(CSSCC(NC(=O)C(N)CCCCN)C(=O)OCCCCCCCC/C=C\CCCCCCCC)CC(=O)C(N)CCCCN. The van der Waals surface area contributed by atoms with Crippen LogP contribution in [0.3, 0.4) is 0 Å². The third-order valence-corrected chi connectivity index (χ3v) is 14.9. The number of Topliss-reactive ketones (excluding diaryl/α,β-unsaturated/α-hetero) is 1. The lowest BCUT2D eigenvalue weighted by atomic mass is 9.97. The second-order valence-corrected chi connectivity index (χ2v) is 21.5. The molecule has 0 aliphatic rings. The molecular formula is C55H105N5O6S2. The third kappa shape index (κ3) is 42.9. The van der Waals surface area contributed by atoms with Crippen LogP contribution in [0, 0.1) is 5.92 Å². The monoisotopic (exact) mass is 996 g/mol. The highest BCUT2D eigenvalue weighted by Crippen LogP contribution is 2.28. The fraction of sp³-hybridized carbons (Fsp3) is 0.855. The average Bonchev–Trinajstić information content (AvgIpc) is 3.33. The van der Waals surface area contributed by atoms with Crippen LogP contribution >= 0.6 is 21.6 Å². The van der Waals surface area contributed by atoms with Gasteiger partial charge in [0.2, 0.25) is 5.91 Å². The van der Waals surface area contributed by atoms with Crippen LogP contribution in [0.15, 0.2) is 24.3 Å². The number of hydrogen-bond donors (Lipinski definition) is 5. The summed E-state index contributed by atoms with van der Waals surface area (Å²) in [5.74, 6) is -1.67. The van der Waals surface area contributed by atoms with Crippen LogP contribution in [0.1, 0.15) is 239 Å². The Morgan fingerprint density at radius 1 is 0.471 bits per heavy atom. The number of nitrogens with two attached hydrogens (primary N) is 4. The van der Waals surface area contributed by atoms with Crippen molar-refractivity contribution in [3.05, 3.63) is 24.3 Å². The first-order chi connectivity index (χ1) is 33.2. The fourth-order valence-corrected chi connectivity index (χ4v) is 10.3. The molecule has 13 heteroatoms. The number of ether oxygens (including phenoxy) is 2.